The van der Waals surface area contributed by atoms with Gasteiger partial charge in [0.2, 0.25) is 0 Å². The third kappa shape index (κ3) is 9.52. The van der Waals surface area contributed by atoms with Gasteiger partial charge in [-0.05, 0) is 68.6 Å². The van der Waals surface area contributed by atoms with Crippen LogP contribution in [0.4, 0.5) is 0 Å². The molecule has 0 amide bonds. The van der Waals surface area contributed by atoms with Crippen molar-refractivity contribution in [1.82, 2.24) is 0 Å². The average Bonchev–Trinajstić information content (AvgIpc) is 2.85. The van der Waals surface area contributed by atoms with Crippen molar-refractivity contribution in [3.05, 3.63) is 29.8 Å². The van der Waals surface area contributed by atoms with Gasteiger partial charge in [0, 0.05) is 0 Å². The number of carbonyl (C=O) groups is 1. The quantitative estimate of drug-likeness (QED) is 0.151. The van der Waals surface area contributed by atoms with Crippen LogP contribution < -0.4 is 4.74 Å². The Hall–Kier alpha value is -1.82. The van der Waals surface area contributed by atoms with Crippen molar-refractivity contribution in [3.8, 4) is 11.8 Å². The first-order chi connectivity index (χ1) is 16.0. The van der Waals surface area contributed by atoms with Crippen molar-refractivity contribution in [2.45, 2.75) is 129 Å². The fourth-order valence-corrected chi connectivity index (χ4v) is 5.00. The van der Waals surface area contributed by atoms with Crippen LogP contribution in [0.25, 0.3) is 0 Å². The molecule has 1 atom stereocenters. The van der Waals surface area contributed by atoms with Gasteiger partial charge in [-0.25, -0.2) is 4.79 Å². The maximum absolute atomic E-state index is 12.3. The lowest BCUT2D eigenvalue weighted by Gasteiger charge is -2.29. The second-order valence-electron chi connectivity index (χ2n) is 10.4. The zero-order valence-corrected chi connectivity index (χ0v) is 21.5. The number of nitriles is 1. The molecule has 0 heterocycles. The smallest absolute Gasteiger partial charge is 0.331 e. The first kappa shape index (κ1) is 27.4. The zero-order chi connectivity index (χ0) is 23.9. The largest absolute Gasteiger partial charge is 0.425 e. The second-order valence-corrected chi connectivity index (χ2v) is 10.4. The monoisotopic (exact) mass is 453 g/mol. The highest BCUT2D eigenvalue weighted by molar-refractivity contribution is 5.81. The van der Waals surface area contributed by atoms with Gasteiger partial charge in [0.15, 0.2) is 5.41 Å². The van der Waals surface area contributed by atoms with Crippen molar-refractivity contribution in [2.75, 3.05) is 0 Å². The first-order valence-corrected chi connectivity index (χ1v) is 13.8. The molecule has 1 fully saturated rings. The first-order valence-electron chi connectivity index (χ1n) is 13.8. The van der Waals surface area contributed by atoms with E-state index in [4.69, 9.17) is 4.74 Å². The minimum atomic E-state index is -1.08. The lowest BCUT2D eigenvalue weighted by atomic mass is 9.77. The molecule has 1 unspecified atom stereocenters. The lowest BCUT2D eigenvalue weighted by molar-refractivity contribution is -0.141. The number of esters is 1. The Labute approximate surface area is 203 Å². The summed E-state index contributed by atoms with van der Waals surface area (Å²) < 4.78 is 5.46. The predicted molar refractivity (Wildman–Crippen MR) is 137 cm³/mol. The summed E-state index contributed by atoms with van der Waals surface area (Å²) in [4.78, 5) is 12.3. The van der Waals surface area contributed by atoms with Crippen molar-refractivity contribution < 1.29 is 9.53 Å². The molecule has 0 radical (unpaired) electrons. The van der Waals surface area contributed by atoms with E-state index in [9.17, 15) is 10.1 Å². The summed E-state index contributed by atoms with van der Waals surface area (Å²) in [7, 11) is 0. The van der Waals surface area contributed by atoms with E-state index in [0.29, 0.717) is 18.1 Å². The van der Waals surface area contributed by atoms with Crippen molar-refractivity contribution in [1.29, 1.82) is 5.26 Å². The van der Waals surface area contributed by atoms with E-state index in [-0.39, 0.29) is 0 Å². The maximum atomic E-state index is 12.3. The molecule has 2 rings (SSSR count). The van der Waals surface area contributed by atoms with Crippen LogP contribution in [-0.2, 0) is 4.79 Å². The van der Waals surface area contributed by atoms with Crippen molar-refractivity contribution in [3.63, 3.8) is 0 Å². The van der Waals surface area contributed by atoms with Crippen LogP contribution in [0.1, 0.15) is 135 Å². The second kappa shape index (κ2) is 15.2. The summed E-state index contributed by atoms with van der Waals surface area (Å²) in [6.45, 7) is 5.75. The minimum absolute atomic E-state index is 0.447. The van der Waals surface area contributed by atoms with Gasteiger partial charge in [0.05, 0.1) is 6.07 Å². The number of unbranched alkanes of at least 4 members (excludes halogenated alkanes) is 9. The van der Waals surface area contributed by atoms with Crippen LogP contribution in [0.5, 0.6) is 5.75 Å². The van der Waals surface area contributed by atoms with E-state index < -0.39 is 11.4 Å². The Morgan fingerprint density at radius 2 is 1.45 bits per heavy atom. The summed E-state index contributed by atoms with van der Waals surface area (Å²) in [6, 6.07) is 10.1. The van der Waals surface area contributed by atoms with Crippen molar-refractivity contribution >= 4 is 5.97 Å². The topological polar surface area (TPSA) is 50.1 Å². The van der Waals surface area contributed by atoms with E-state index in [1.165, 1.54) is 102 Å². The highest BCUT2D eigenvalue weighted by Gasteiger charge is 2.33. The summed E-state index contributed by atoms with van der Waals surface area (Å²) in [5.41, 5.74) is 0.274. The molecule has 0 N–H and O–H groups in total. The Morgan fingerprint density at radius 1 is 0.909 bits per heavy atom. The zero-order valence-electron chi connectivity index (χ0n) is 21.5. The third-order valence-corrected chi connectivity index (χ3v) is 7.78. The molecule has 1 aromatic rings. The molecule has 184 valence electrons. The molecule has 0 bridgehead atoms. The molecule has 1 aromatic carbocycles. The number of ether oxygens (including phenoxy) is 1. The molecule has 0 aromatic heterocycles. The Kier molecular flexibility index (Phi) is 12.6. The SMILES string of the molecule is CCCCCCCCCCCCC1CCC(c2ccc(OC(=O)C(C)(C#N)CC)cc2)CC1. The Morgan fingerprint density at radius 3 is 1.97 bits per heavy atom. The van der Waals surface area contributed by atoms with Crippen LogP contribution in [-0.4, -0.2) is 5.97 Å². The summed E-state index contributed by atoms with van der Waals surface area (Å²) in [5.74, 6) is 1.60. The highest BCUT2D eigenvalue weighted by atomic mass is 16.5. The molecular weight excluding hydrogens is 406 g/mol. The van der Waals surface area contributed by atoms with E-state index in [1.807, 2.05) is 19.1 Å². The molecule has 1 saturated carbocycles. The molecule has 0 saturated heterocycles. The van der Waals surface area contributed by atoms with Gasteiger partial charge in [0.25, 0.3) is 0 Å². The predicted octanol–water partition coefficient (Wildman–Crippen LogP) is 9.12. The number of hydrogen-bond donors (Lipinski definition) is 0. The minimum Gasteiger partial charge on any atom is -0.425 e. The van der Waals surface area contributed by atoms with Gasteiger partial charge in [-0.1, -0.05) is 96.6 Å². The normalized spacial score (nSPS) is 20.1. The van der Waals surface area contributed by atoms with Crippen LogP contribution in [0, 0.1) is 22.7 Å². The molecule has 3 nitrogen and oxygen atoms in total. The number of carbonyl (C=O) groups excluding carboxylic acids is 1. The van der Waals surface area contributed by atoms with E-state index in [1.54, 1.807) is 6.92 Å². The molecular formula is C30H47NO2. The van der Waals surface area contributed by atoms with Crippen LogP contribution in [0.3, 0.4) is 0 Å². The van der Waals surface area contributed by atoms with E-state index in [0.717, 1.165) is 5.92 Å². The number of rotatable bonds is 15. The van der Waals surface area contributed by atoms with E-state index >= 15 is 0 Å². The standard InChI is InChI=1S/C30H47NO2/c1-4-6-7-8-9-10-11-12-13-14-15-25-16-18-26(19-17-25)27-20-22-28(23-21-27)33-29(32)30(3,5-2)24-31/h20-23,25-26H,4-19H2,1-3H3. The Balaban J connectivity index is 1.61. The summed E-state index contributed by atoms with van der Waals surface area (Å²) in [5, 5.41) is 9.25. The van der Waals surface area contributed by atoms with E-state index in [2.05, 4.69) is 25.1 Å². The van der Waals surface area contributed by atoms with Gasteiger partial charge in [0.1, 0.15) is 5.75 Å². The molecule has 33 heavy (non-hydrogen) atoms. The third-order valence-electron chi connectivity index (χ3n) is 7.78. The van der Waals surface area contributed by atoms with Crippen LogP contribution in [0.2, 0.25) is 0 Å². The van der Waals surface area contributed by atoms with Gasteiger partial charge in [-0.2, -0.15) is 5.26 Å². The molecule has 0 spiro atoms. The molecule has 1 aliphatic carbocycles. The van der Waals surface area contributed by atoms with Gasteiger partial charge < -0.3 is 4.74 Å². The fraction of sp³-hybridized carbons (Fsp3) is 0.733. The molecule has 0 aliphatic heterocycles. The molecule has 1 aliphatic rings. The molecule has 3 heteroatoms. The number of benzene rings is 1. The van der Waals surface area contributed by atoms with Gasteiger partial charge in [-0.3, -0.25) is 0 Å². The van der Waals surface area contributed by atoms with Crippen LogP contribution in [0.15, 0.2) is 24.3 Å². The summed E-state index contributed by atoms with van der Waals surface area (Å²) >= 11 is 0. The summed E-state index contributed by atoms with van der Waals surface area (Å²) in [6.07, 6.45) is 21.2. The average molecular weight is 454 g/mol. The van der Waals surface area contributed by atoms with Gasteiger partial charge >= 0.3 is 5.97 Å². The highest BCUT2D eigenvalue weighted by Crippen LogP contribution is 2.38. The van der Waals surface area contributed by atoms with Crippen LogP contribution >= 0.6 is 0 Å². The maximum Gasteiger partial charge on any atom is 0.331 e. The fourth-order valence-electron chi connectivity index (χ4n) is 5.00. The number of hydrogen-bond acceptors (Lipinski definition) is 3. The lowest BCUT2D eigenvalue weighted by Crippen LogP contribution is -2.29. The van der Waals surface area contributed by atoms with Gasteiger partial charge in [-0.15, -0.1) is 0 Å². The number of nitrogens with zero attached hydrogens (tertiary/aromatic N) is 1. The Bertz CT molecular complexity index is 712. The van der Waals surface area contributed by atoms with Crippen molar-refractivity contribution in [2.24, 2.45) is 11.3 Å².